The number of anilines is 3. The Labute approximate surface area is 133 Å². The summed E-state index contributed by atoms with van der Waals surface area (Å²) in [6.45, 7) is 2.18. The molecule has 3 rings (SSSR count). The minimum absolute atomic E-state index is 0.648. The molecule has 1 aromatic carbocycles. The van der Waals surface area contributed by atoms with Crippen LogP contribution in [0.25, 0.3) is 0 Å². The normalized spacial score (nSPS) is 15.6. The highest BCUT2D eigenvalue weighted by Gasteiger charge is 2.11. The molecule has 1 fully saturated rings. The van der Waals surface area contributed by atoms with Crippen LogP contribution < -0.4 is 10.2 Å². The van der Waals surface area contributed by atoms with E-state index in [4.69, 9.17) is 0 Å². The molecule has 110 valence electrons. The van der Waals surface area contributed by atoms with Crippen LogP contribution in [0.4, 0.5) is 17.5 Å². The second kappa shape index (κ2) is 6.89. The van der Waals surface area contributed by atoms with Crippen molar-refractivity contribution < 1.29 is 0 Å². The van der Waals surface area contributed by atoms with Crippen LogP contribution in [0.15, 0.2) is 41.0 Å². The fourth-order valence-electron chi connectivity index (χ4n) is 2.58. The lowest BCUT2D eigenvalue weighted by Gasteiger charge is -2.21. The van der Waals surface area contributed by atoms with Gasteiger partial charge in [-0.2, -0.15) is 4.98 Å². The second-order valence-corrected chi connectivity index (χ2v) is 6.19. The van der Waals surface area contributed by atoms with Crippen LogP contribution in [0.5, 0.6) is 0 Å². The predicted molar refractivity (Wildman–Crippen MR) is 90.1 cm³/mol. The summed E-state index contributed by atoms with van der Waals surface area (Å²) in [5.41, 5.74) is 0.984. The molecule has 1 aliphatic heterocycles. The standard InChI is InChI=1S/C16H19BrN4/c17-13-6-5-7-14(12-13)19-16-18-9-8-15(20-16)21-10-3-1-2-4-11-21/h5-9,12H,1-4,10-11H2,(H,18,19,20). The Bertz CT molecular complexity index is 594. The maximum absolute atomic E-state index is 4.65. The van der Waals surface area contributed by atoms with Crippen LogP contribution >= 0.6 is 15.9 Å². The molecule has 1 saturated heterocycles. The van der Waals surface area contributed by atoms with E-state index in [1.165, 1.54) is 25.7 Å². The molecule has 5 heteroatoms. The summed E-state index contributed by atoms with van der Waals surface area (Å²) < 4.78 is 1.04. The third-order valence-electron chi connectivity index (χ3n) is 3.65. The first kappa shape index (κ1) is 14.3. The van der Waals surface area contributed by atoms with Gasteiger partial charge in [0.25, 0.3) is 0 Å². The van der Waals surface area contributed by atoms with E-state index < -0.39 is 0 Å². The molecule has 0 saturated carbocycles. The molecule has 1 aliphatic rings. The molecule has 0 bridgehead atoms. The van der Waals surface area contributed by atoms with Crippen LogP contribution in [0, 0.1) is 0 Å². The Morgan fingerprint density at radius 2 is 1.86 bits per heavy atom. The van der Waals surface area contributed by atoms with Crippen LogP contribution in [0.1, 0.15) is 25.7 Å². The Kier molecular flexibility index (Phi) is 4.70. The highest BCUT2D eigenvalue weighted by molar-refractivity contribution is 9.10. The Morgan fingerprint density at radius 3 is 2.62 bits per heavy atom. The van der Waals surface area contributed by atoms with Crippen LogP contribution in [-0.4, -0.2) is 23.1 Å². The van der Waals surface area contributed by atoms with Gasteiger partial charge < -0.3 is 10.2 Å². The van der Waals surface area contributed by atoms with E-state index in [0.29, 0.717) is 5.95 Å². The number of halogens is 1. The van der Waals surface area contributed by atoms with E-state index in [0.717, 1.165) is 29.1 Å². The van der Waals surface area contributed by atoms with Gasteiger partial charge in [-0.05, 0) is 37.1 Å². The molecule has 1 N–H and O–H groups in total. The Morgan fingerprint density at radius 1 is 1.05 bits per heavy atom. The lowest BCUT2D eigenvalue weighted by molar-refractivity contribution is 0.726. The van der Waals surface area contributed by atoms with Crippen molar-refractivity contribution in [1.82, 2.24) is 9.97 Å². The minimum Gasteiger partial charge on any atom is -0.356 e. The van der Waals surface area contributed by atoms with Crippen molar-refractivity contribution >= 4 is 33.4 Å². The second-order valence-electron chi connectivity index (χ2n) is 5.28. The number of aromatic nitrogens is 2. The summed E-state index contributed by atoms with van der Waals surface area (Å²) in [7, 11) is 0. The average molecular weight is 347 g/mol. The SMILES string of the molecule is Brc1cccc(Nc2nccc(N3CCCCCC3)n2)c1. The lowest BCUT2D eigenvalue weighted by Crippen LogP contribution is -2.25. The summed E-state index contributed by atoms with van der Waals surface area (Å²) >= 11 is 3.47. The van der Waals surface area contributed by atoms with Crippen molar-refractivity contribution in [2.45, 2.75) is 25.7 Å². The quantitative estimate of drug-likeness (QED) is 0.896. The van der Waals surface area contributed by atoms with Gasteiger partial charge in [-0.3, -0.25) is 0 Å². The van der Waals surface area contributed by atoms with Gasteiger partial charge in [0, 0.05) is 29.4 Å². The van der Waals surface area contributed by atoms with Crippen molar-refractivity contribution in [3.05, 3.63) is 41.0 Å². The van der Waals surface area contributed by atoms with Gasteiger partial charge in [-0.15, -0.1) is 0 Å². The van der Waals surface area contributed by atoms with E-state index in [1.807, 2.05) is 36.5 Å². The van der Waals surface area contributed by atoms with E-state index in [2.05, 4.69) is 36.1 Å². The van der Waals surface area contributed by atoms with Gasteiger partial charge in [0.15, 0.2) is 0 Å². The largest absolute Gasteiger partial charge is 0.356 e. The van der Waals surface area contributed by atoms with Crippen LogP contribution in [0.2, 0.25) is 0 Å². The number of hydrogen-bond acceptors (Lipinski definition) is 4. The van der Waals surface area contributed by atoms with Crippen molar-refractivity contribution in [3.63, 3.8) is 0 Å². The molecule has 0 unspecified atom stereocenters. The zero-order valence-electron chi connectivity index (χ0n) is 11.9. The van der Waals surface area contributed by atoms with Gasteiger partial charge in [-0.1, -0.05) is 34.8 Å². The smallest absolute Gasteiger partial charge is 0.229 e. The van der Waals surface area contributed by atoms with Crippen molar-refractivity contribution in [1.29, 1.82) is 0 Å². The highest BCUT2D eigenvalue weighted by Crippen LogP contribution is 2.21. The highest BCUT2D eigenvalue weighted by atomic mass is 79.9. The van der Waals surface area contributed by atoms with Crippen molar-refractivity contribution in [3.8, 4) is 0 Å². The summed E-state index contributed by atoms with van der Waals surface area (Å²) in [5, 5.41) is 3.26. The third-order valence-corrected chi connectivity index (χ3v) is 4.14. The van der Waals surface area contributed by atoms with E-state index in [1.54, 1.807) is 0 Å². The maximum Gasteiger partial charge on any atom is 0.229 e. The van der Waals surface area contributed by atoms with Crippen molar-refractivity contribution in [2.75, 3.05) is 23.3 Å². The van der Waals surface area contributed by atoms with Crippen LogP contribution in [-0.2, 0) is 0 Å². The first-order valence-electron chi connectivity index (χ1n) is 7.42. The summed E-state index contributed by atoms with van der Waals surface area (Å²) in [6, 6.07) is 10.0. The fourth-order valence-corrected chi connectivity index (χ4v) is 2.98. The van der Waals surface area contributed by atoms with Gasteiger partial charge in [-0.25, -0.2) is 4.98 Å². The molecule has 4 nitrogen and oxygen atoms in total. The number of nitrogens with one attached hydrogen (secondary N) is 1. The van der Waals surface area contributed by atoms with E-state index in [9.17, 15) is 0 Å². The van der Waals surface area contributed by atoms with Gasteiger partial charge in [0.05, 0.1) is 0 Å². The predicted octanol–water partition coefficient (Wildman–Crippen LogP) is 4.36. The van der Waals surface area contributed by atoms with Gasteiger partial charge >= 0.3 is 0 Å². The molecule has 1 aromatic heterocycles. The van der Waals surface area contributed by atoms with Crippen molar-refractivity contribution in [2.24, 2.45) is 0 Å². The summed E-state index contributed by atoms with van der Waals surface area (Å²) in [6.07, 6.45) is 6.97. The Balaban J connectivity index is 1.76. The van der Waals surface area contributed by atoms with E-state index >= 15 is 0 Å². The first-order valence-corrected chi connectivity index (χ1v) is 8.21. The van der Waals surface area contributed by atoms with Crippen LogP contribution in [0.3, 0.4) is 0 Å². The third kappa shape index (κ3) is 3.94. The Hall–Kier alpha value is -1.62. The number of rotatable bonds is 3. The maximum atomic E-state index is 4.65. The zero-order chi connectivity index (χ0) is 14.5. The number of hydrogen-bond donors (Lipinski definition) is 1. The molecule has 21 heavy (non-hydrogen) atoms. The van der Waals surface area contributed by atoms with Gasteiger partial charge in [0.1, 0.15) is 5.82 Å². The molecular weight excluding hydrogens is 328 g/mol. The zero-order valence-corrected chi connectivity index (χ0v) is 13.5. The fraction of sp³-hybridized carbons (Fsp3) is 0.375. The topological polar surface area (TPSA) is 41.1 Å². The monoisotopic (exact) mass is 346 g/mol. The average Bonchev–Trinajstić information content (AvgIpc) is 2.77. The number of benzene rings is 1. The molecule has 2 aromatic rings. The van der Waals surface area contributed by atoms with Gasteiger partial charge in [0.2, 0.25) is 5.95 Å². The molecule has 2 heterocycles. The lowest BCUT2D eigenvalue weighted by atomic mass is 10.2. The molecular formula is C16H19BrN4. The summed E-state index contributed by atoms with van der Waals surface area (Å²) in [4.78, 5) is 11.3. The summed E-state index contributed by atoms with van der Waals surface area (Å²) in [5.74, 6) is 1.67. The molecule has 0 spiro atoms. The molecule has 0 radical (unpaired) electrons. The number of nitrogens with zero attached hydrogens (tertiary/aromatic N) is 3. The first-order chi connectivity index (χ1) is 10.3. The van der Waals surface area contributed by atoms with E-state index in [-0.39, 0.29) is 0 Å². The molecule has 0 aliphatic carbocycles. The molecule has 0 amide bonds. The molecule has 0 atom stereocenters. The minimum atomic E-state index is 0.648.